The molecule has 0 aromatic heterocycles. The summed E-state index contributed by atoms with van der Waals surface area (Å²) in [5.41, 5.74) is 0. The second kappa shape index (κ2) is 7.85. The van der Waals surface area contributed by atoms with Gasteiger partial charge in [0.15, 0.2) is 0 Å². The Balaban J connectivity index is 1.76. The normalized spacial score (nSPS) is 26.9. The molecular formula is C15H28N2O2. The maximum atomic E-state index is 12.3. The van der Waals surface area contributed by atoms with Crippen molar-refractivity contribution in [2.24, 2.45) is 0 Å². The topological polar surface area (TPSA) is 50.4 Å². The first-order valence-corrected chi connectivity index (χ1v) is 7.96. The van der Waals surface area contributed by atoms with E-state index in [1.807, 2.05) is 6.92 Å². The molecule has 1 aliphatic heterocycles. The van der Waals surface area contributed by atoms with Crippen molar-refractivity contribution in [3.05, 3.63) is 0 Å². The summed E-state index contributed by atoms with van der Waals surface area (Å²) >= 11 is 0. The van der Waals surface area contributed by atoms with Gasteiger partial charge in [-0.15, -0.1) is 0 Å². The summed E-state index contributed by atoms with van der Waals surface area (Å²) in [6.07, 6.45) is 9.08. The molecule has 0 aromatic carbocycles. The number of hydrogen-bond acceptors (Lipinski definition) is 3. The average Bonchev–Trinajstić information content (AvgIpc) is 2.47. The predicted octanol–water partition coefficient (Wildman–Crippen LogP) is 1.98. The highest BCUT2D eigenvalue weighted by molar-refractivity contribution is 5.81. The van der Waals surface area contributed by atoms with Gasteiger partial charge in [-0.1, -0.05) is 26.2 Å². The van der Waals surface area contributed by atoms with E-state index in [-0.39, 0.29) is 18.1 Å². The van der Waals surface area contributed by atoms with Gasteiger partial charge in [-0.25, -0.2) is 0 Å². The minimum absolute atomic E-state index is 0.0850. The molecule has 1 amide bonds. The van der Waals surface area contributed by atoms with Gasteiger partial charge in [0.05, 0.1) is 6.10 Å². The zero-order valence-corrected chi connectivity index (χ0v) is 12.1. The van der Waals surface area contributed by atoms with Crippen molar-refractivity contribution in [3.8, 4) is 0 Å². The van der Waals surface area contributed by atoms with E-state index >= 15 is 0 Å². The van der Waals surface area contributed by atoms with Crippen LogP contribution in [0.25, 0.3) is 0 Å². The first-order chi connectivity index (χ1) is 9.29. The Hall–Kier alpha value is -0.610. The van der Waals surface area contributed by atoms with Gasteiger partial charge in [0.1, 0.15) is 6.10 Å². The van der Waals surface area contributed by atoms with Crippen LogP contribution < -0.4 is 10.6 Å². The number of hydrogen-bond donors (Lipinski definition) is 2. The van der Waals surface area contributed by atoms with Crippen LogP contribution in [0.4, 0.5) is 0 Å². The summed E-state index contributed by atoms with van der Waals surface area (Å²) in [6.45, 7) is 4.00. The van der Waals surface area contributed by atoms with Gasteiger partial charge in [0.2, 0.25) is 5.91 Å². The lowest BCUT2D eigenvalue weighted by atomic mass is 9.97. The molecule has 0 radical (unpaired) electrons. The van der Waals surface area contributed by atoms with Crippen molar-refractivity contribution < 1.29 is 9.53 Å². The molecule has 110 valence electrons. The lowest BCUT2D eigenvalue weighted by Gasteiger charge is -2.29. The summed E-state index contributed by atoms with van der Waals surface area (Å²) in [4.78, 5) is 12.3. The number of amides is 1. The van der Waals surface area contributed by atoms with Crippen LogP contribution in [-0.2, 0) is 9.53 Å². The maximum Gasteiger partial charge on any atom is 0.249 e. The lowest BCUT2D eigenvalue weighted by Crippen LogP contribution is -2.49. The number of carbonyl (C=O) groups excluding carboxylic acids is 1. The first kappa shape index (κ1) is 14.8. The summed E-state index contributed by atoms with van der Waals surface area (Å²) in [6, 6.07) is 0.283. The Labute approximate surface area is 116 Å². The van der Waals surface area contributed by atoms with Crippen molar-refractivity contribution in [1.29, 1.82) is 0 Å². The van der Waals surface area contributed by atoms with E-state index in [0.29, 0.717) is 6.10 Å². The molecule has 19 heavy (non-hydrogen) atoms. The van der Waals surface area contributed by atoms with Gasteiger partial charge in [0.25, 0.3) is 0 Å². The molecule has 4 nitrogen and oxygen atoms in total. The van der Waals surface area contributed by atoms with E-state index in [1.165, 1.54) is 19.3 Å². The van der Waals surface area contributed by atoms with Crippen molar-refractivity contribution >= 4 is 5.91 Å². The molecule has 2 atom stereocenters. The molecule has 2 rings (SSSR count). The molecule has 2 unspecified atom stereocenters. The smallest absolute Gasteiger partial charge is 0.249 e. The largest absolute Gasteiger partial charge is 0.365 e. The molecule has 1 saturated carbocycles. The number of ether oxygens (including phenoxy) is 1. The monoisotopic (exact) mass is 268 g/mol. The molecule has 4 heteroatoms. The Bertz CT molecular complexity index is 271. The molecule has 2 fully saturated rings. The average molecular weight is 268 g/mol. The first-order valence-electron chi connectivity index (χ1n) is 7.96. The Morgan fingerprint density at radius 2 is 2.05 bits per heavy atom. The third-order valence-electron chi connectivity index (χ3n) is 4.22. The van der Waals surface area contributed by atoms with Crippen LogP contribution in [0.2, 0.25) is 0 Å². The standard InChI is InChI=1S/C15H28N2O2/c1-2-14(19-13-8-4-3-5-9-13)15(18)17-12-7-6-10-16-11-12/h12-14,16H,2-11H2,1H3,(H,17,18). The molecule has 1 aliphatic carbocycles. The lowest BCUT2D eigenvalue weighted by molar-refractivity contribution is -0.139. The van der Waals surface area contributed by atoms with Crippen molar-refractivity contribution in [2.45, 2.75) is 76.5 Å². The molecular weight excluding hydrogens is 240 g/mol. The van der Waals surface area contributed by atoms with Gasteiger partial charge >= 0.3 is 0 Å². The van der Waals surface area contributed by atoms with Crippen LogP contribution in [0.1, 0.15) is 58.3 Å². The number of rotatable bonds is 5. The van der Waals surface area contributed by atoms with Gasteiger partial charge in [-0.2, -0.15) is 0 Å². The van der Waals surface area contributed by atoms with Crippen LogP contribution in [0.3, 0.4) is 0 Å². The molecule has 0 spiro atoms. The SMILES string of the molecule is CCC(OC1CCCCC1)C(=O)NC1CCCNC1. The maximum absolute atomic E-state index is 12.3. The third kappa shape index (κ3) is 4.77. The molecule has 1 heterocycles. The quantitative estimate of drug-likeness (QED) is 0.801. The highest BCUT2D eigenvalue weighted by atomic mass is 16.5. The molecule has 2 aliphatic rings. The number of piperidine rings is 1. The van der Waals surface area contributed by atoms with Crippen LogP contribution in [0.5, 0.6) is 0 Å². The Morgan fingerprint density at radius 1 is 1.26 bits per heavy atom. The minimum Gasteiger partial charge on any atom is -0.365 e. The highest BCUT2D eigenvalue weighted by Crippen LogP contribution is 2.22. The number of nitrogens with one attached hydrogen (secondary N) is 2. The predicted molar refractivity (Wildman–Crippen MR) is 76.1 cm³/mol. The van der Waals surface area contributed by atoms with E-state index in [9.17, 15) is 4.79 Å². The van der Waals surface area contributed by atoms with Crippen LogP contribution in [-0.4, -0.2) is 37.2 Å². The summed E-state index contributed by atoms with van der Waals surface area (Å²) in [7, 11) is 0. The van der Waals surface area contributed by atoms with Gasteiger partial charge in [0, 0.05) is 12.6 Å². The van der Waals surface area contributed by atoms with E-state index in [0.717, 1.165) is 45.2 Å². The van der Waals surface area contributed by atoms with Crippen LogP contribution >= 0.6 is 0 Å². The van der Waals surface area contributed by atoms with E-state index in [1.54, 1.807) is 0 Å². The minimum atomic E-state index is -0.259. The van der Waals surface area contributed by atoms with Crippen molar-refractivity contribution in [2.75, 3.05) is 13.1 Å². The van der Waals surface area contributed by atoms with Gasteiger partial charge in [-0.05, 0) is 38.6 Å². The number of carbonyl (C=O) groups is 1. The van der Waals surface area contributed by atoms with Crippen molar-refractivity contribution in [1.82, 2.24) is 10.6 Å². The molecule has 0 aromatic rings. The second-order valence-corrected chi connectivity index (χ2v) is 5.84. The van der Waals surface area contributed by atoms with Crippen LogP contribution in [0.15, 0.2) is 0 Å². The van der Waals surface area contributed by atoms with Gasteiger partial charge < -0.3 is 15.4 Å². The Kier molecular flexibility index (Phi) is 6.11. The van der Waals surface area contributed by atoms with Crippen LogP contribution in [0, 0.1) is 0 Å². The van der Waals surface area contributed by atoms with E-state index < -0.39 is 0 Å². The molecule has 0 bridgehead atoms. The molecule has 2 N–H and O–H groups in total. The summed E-state index contributed by atoms with van der Waals surface area (Å²) in [5.74, 6) is 0.0850. The fourth-order valence-corrected chi connectivity index (χ4v) is 3.05. The fraction of sp³-hybridized carbons (Fsp3) is 0.933. The fourth-order valence-electron chi connectivity index (χ4n) is 3.05. The zero-order chi connectivity index (χ0) is 13.5. The van der Waals surface area contributed by atoms with E-state index in [4.69, 9.17) is 4.74 Å². The zero-order valence-electron chi connectivity index (χ0n) is 12.1. The van der Waals surface area contributed by atoms with Gasteiger partial charge in [-0.3, -0.25) is 4.79 Å². The highest BCUT2D eigenvalue weighted by Gasteiger charge is 2.25. The van der Waals surface area contributed by atoms with E-state index in [2.05, 4.69) is 10.6 Å². The molecule has 1 saturated heterocycles. The Morgan fingerprint density at radius 3 is 2.68 bits per heavy atom. The van der Waals surface area contributed by atoms with Crippen molar-refractivity contribution in [3.63, 3.8) is 0 Å². The summed E-state index contributed by atoms with van der Waals surface area (Å²) < 4.78 is 6.01. The second-order valence-electron chi connectivity index (χ2n) is 5.84. The summed E-state index contributed by atoms with van der Waals surface area (Å²) in [5, 5.41) is 6.46. The third-order valence-corrected chi connectivity index (χ3v) is 4.22.